The van der Waals surface area contributed by atoms with Crippen LogP contribution in [0.15, 0.2) is 48.5 Å². The summed E-state index contributed by atoms with van der Waals surface area (Å²) >= 11 is 6.87. The lowest BCUT2D eigenvalue weighted by atomic mass is 9.77. The first-order valence-corrected chi connectivity index (χ1v) is 19.3. The highest BCUT2D eigenvalue weighted by Crippen LogP contribution is 2.72. The third-order valence-corrected chi connectivity index (χ3v) is 12.5. The van der Waals surface area contributed by atoms with Crippen LogP contribution in [-0.2, 0) is 17.6 Å². The summed E-state index contributed by atoms with van der Waals surface area (Å²) in [6.45, 7) is 10.4. The molecule has 0 aromatic heterocycles. The number of fused-ring (bicyclic) bond motifs is 1. The van der Waals surface area contributed by atoms with Gasteiger partial charge in [0.2, 0.25) is 0 Å². The van der Waals surface area contributed by atoms with Gasteiger partial charge in [0.25, 0.3) is 0 Å². The number of hydrogen-bond donors (Lipinski definition) is 2. The van der Waals surface area contributed by atoms with E-state index in [-0.39, 0.29) is 18.6 Å². The molecule has 7 heteroatoms. The number of likely N-dealkylation sites (N-methyl/N-ethyl adjacent to an activating group) is 1. The third-order valence-electron chi connectivity index (χ3n) is 12.3. The number of ether oxygens (including phenoxy) is 3. The van der Waals surface area contributed by atoms with Crippen LogP contribution in [0.5, 0.6) is 17.2 Å². The second kappa shape index (κ2) is 15.6. The summed E-state index contributed by atoms with van der Waals surface area (Å²) in [5, 5.41) is 12.9. The van der Waals surface area contributed by atoms with Gasteiger partial charge in [0.15, 0.2) is 0 Å². The van der Waals surface area contributed by atoms with Crippen LogP contribution in [0.4, 0.5) is 0 Å². The summed E-state index contributed by atoms with van der Waals surface area (Å²) in [5.41, 5.74) is 8.29. The second-order valence-electron chi connectivity index (χ2n) is 15.5. The van der Waals surface area contributed by atoms with Gasteiger partial charge in [0, 0.05) is 18.5 Å². The van der Waals surface area contributed by atoms with Gasteiger partial charge in [-0.3, -0.25) is 4.79 Å². The van der Waals surface area contributed by atoms with Gasteiger partial charge in [0.05, 0.1) is 18.2 Å². The molecule has 3 aliphatic carbocycles. The highest BCUT2D eigenvalue weighted by molar-refractivity contribution is 6.32. The van der Waals surface area contributed by atoms with Crippen LogP contribution in [-0.4, -0.2) is 37.4 Å². The molecule has 3 aliphatic rings. The maximum absolute atomic E-state index is 11.0. The number of carboxylic acid groups (broad SMARTS) is 1. The molecule has 2 saturated carbocycles. The molecule has 0 aliphatic heterocycles. The molecule has 2 unspecified atom stereocenters. The second-order valence-corrected chi connectivity index (χ2v) is 15.9. The van der Waals surface area contributed by atoms with Crippen molar-refractivity contribution in [1.29, 1.82) is 0 Å². The van der Waals surface area contributed by atoms with Gasteiger partial charge >= 0.3 is 5.97 Å². The van der Waals surface area contributed by atoms with Crippen LogP contribution in [0.1, 0.15) is 113 Å². The van der Waals surface area contributed by atoms with E-state index in [4.69, 9.17) is 30.9 Å². The molecule has 4 atom stereocenters. The maximum atomic E-state index is 11.0. The predicted octanol–water partition coefficient (Wildman–Crippen LogP) is 10.5. The third kappa shape index (κ3) is 7.67. The minimum absolute atomic E-state index is 0.112. The minimum atomic E-state index is -0.770. The fraction of sp³-hybridized carbons (Fsp3) is 0.558. The van der Waals surface area contributed by atoms with Crippen LogP contribution >= 0.6 is 11.6 Å². The smallest absolute Gasteiger partial charge is 0.303 e. The zero-order chi connectivity index (χ0) is 35.5. The summed E-state index contributed by atoms with van der Waals surface area (Å²) in [6.07, 6.45) is 11.9. The number of rotatable bonds is 17. The van der Waals surface area contributed by atoms with Crippen molar-refractivity contribution in [1.82, 2.24) is 5.32 Å². The summed E-state index contributed by atoms with van der Waals surface area (Å²) < 4.78 is 19.2. The topological polar surface area (TPSA) is 77.0 Å². The Hall–Kier alpha value is -3.22. The number of benzene rings is 3. The number of nitrogens with one attached hydrogen (secondary N) is 1. The van der Waals surface area contributed by atoms with Crippen LogP contribution < -0.4 is 19.5 Å². The van der Waals surface area contributed by atoms with Gasteiger partial charge in [-0.2, -0.15) is 0 Å². The van der Waals surface area contributed by atoms with Crippen molar-refractivity contribution in [2.75, 3.05) is 20.3 Å². The molecule has 0 saturated heterocycles. The molecule has 3 aromatic carbocycles. The zero-order valence-corrected chi connectivity index (χ0v) is 31.5. The lowest BCUT2D eigenvalue weighted by molar-refractivity contribution is -0.137. The molecule has 0 radical (unpaired) electrons. The van der Waals surface area contributed by atoms with E-state index in [1.54, 1.807) is 0 Å². The van der Waals surface area contributed by atoms with Gasteiger partial charge in [-0.15, -0.1) is 0 Å². The van der Waals surface area contributed by atoms with E-state index in [0.29, 0.717) is 41.1 Å². The summed E-state index contributed by atoms with van der Waals surface area (Å²) in [4.78, 5) is 11.0. The Morgan fingerprint density at radius 1 is 1.04 bits per heavy atom. The fourth-order valence-corrected chi connectivity index (χ4v) is 9.51. The van der Waals surface area contributed by atoms with Crippen molar-refractivity contribution in [2.24, 2.45) is 16.7 Å². The zero-order valence-electron chi connectivity index (χ0n) is 30.7. The summed E-state index contributed by atoms with van der Waals surface area (Å²) in [5.74, 6) is 2.46. The quantitative estimate of drug-likeness (QED) is 0.136. The van der Waals surface area contributed by atoms with E-state index >= 15 is 0 Å². The number of carbonyl (C=O) groups is 1. The normalized spacial score (nSPS) is 22.4. The molecule has 50 heavy (non-hydrogen) atoms. The Balaban J connectivity index is 1.12. The SMILES string of the molecule is CCOc1cc(O[C@H]2CCc3c(-c4cccc(OCCCC5C[C@@]56CCCC6(C)C)c4C)cccc32)c(Cl)cc1CC(CCCC(=O)O)NC. The first-order valence-electron chi connectivity index (χ1n) is 18.9. The standard InChI is InChI=1S/C43H56ClNO5/c1-6-48-39-26-40(36(44)25-29(39)24-31(45-5)13-7-18-41(46)47)50-38-20-19-34-33(15-8-16-35(34)38)32-14-9-17-37(28(32)2)49-23-10-12-30-27-43(30)22-11-21-42(43,3)4/h8-9,14-17,25-26,30-31,38,45H,6-7,10-13,18-24,27H2,1-5H3,(H,46,47)/t30?,31?,38-,43-/m0/s1. The molecule has 2 fully saturated rings. The van der Waals surface area contributed by atoms with E-state index in [1.807, 2.05) is 26.1 Å². The van der Waals surface area contributed by atoms with Crippen molar-refractivity contribution >= 4 is 17.6 Å². The first kappa shape index (κ1) is 36.6. The van der Waals surface area contributed by atoms with Crippen LogP contribution in [0.2, 0.25) is 5.02 Å². The van der Waals surface area contributed by atoms with E-state index in [0.717, 1.165) is 55.3 Å². The van der Waals surface area contributed by atoms with Crippen LogP contribution in [0, 0.1) is 23.7 Å². The molecule has 0 heterocycles. The molecule has 0 bridgehead atoms. The van der Waals surface area contributed by atoms with E-state index < -0.39 is 5.97 Å². The fourth-order valence-electron chi connectivity index (χ4n) is 9.28. The van der Waals surface area contributed by atoms with Crippen molar-refractivity contribution < 1.29 is 24.1 Å². The Morgan fingerprint density at radius 2 is 1.84 bits per heavy atom. The Kier molecular flexibility index (Phi) is 11.4. The van der Waals surface area contributed by atoms with Crippen LogP contribution in [0.3, 0.4) is 0 Å². The number of carboxylic acids is 1. The summed E-state index contributed by atoms with van der Waals surface area (Å²) in [7, 11) is 1.90. The molecule has 3 aromatic rings. The molecule has 270 valence electrons. The molecular weight excluding hydrogens is 646 g/mol. The first-order chi connectivity index (χ1) is 24.1. The number of halogens is 1. The summed E-state index contributed by atoms with van der Waals surface area (Å²) in [6, 6.07) is 17.0. The van der Waals surface area contributed by atoms with Crippen molar-refractivity contribution in [2.45, 2.75) is 117 Å². The van der Waals surface area contributed by atoms with Gasteiger partial charge in [-0.05, 0) is 147 Å². The molecular formula is C43H56ClNO5. The number of aliphatic carboxylic acids is 1. The Morgan fingerprint density at radius 3 is 2.58 bits per heavy atom. The van der Waals surface area contributed by atoms with Crippen molar-refractivity contribution in [3.63, 3.8) is 0 Å². The Labute approximate surface area is 304 Å². The van der Waals surface area contributed by atoms with Crippen molar-refractivity contribution in [3.8, 4) is 28.4 Å². The average Bonchev–Trinajstić information content (AvgIpc) is 3.52. The molecule has 0 amide bonds. The lowest BCUT2D eigenvalue weighted by Crippen LogP contribution is -2.28. The van der Waals surface area contributed by atoms with Gasteiger partial charge in [-0.1, -0.05) is 62.2 Å². The predicted molar refractivity (Wildman–Crippen MR) is 202 cm³/mol. The van der Waals surface area contributed by atoms with Crippen LogP contribution in [0.25, 0.3) is 11.1 Å². The monoisotopic (exact) mass is 701 g/mol. The molecule has 2 N–H and O–H groups in total. The maximum Gasteiger partial charge on any atom is 0.303 e. The minimum Gasteiger partial charge on any atom is -0.493 e. The number of hydrogen-bond acceptors (Lipinski definition) is 5. The van der Waals surface area contributed by atoms with Gasteiger partial charge < -0.3 is 24.6 Å². The molecule has 6 rings (SSSR count). The highest BCUT2D eigenvalue weighted by Gasteiger charge is 2.63. The van der Waals surface area contributed by atoms with Gasteiger partial charge in [0.1, 0.15) is 23.4 Å². The Bertz CT molecular complexity index is 1670. The van der Waals surface area contributed by atoms with E-state index in [9.17, 15) is 4.79 Å². The van der Waals surface area contributed by atoms with Crippen molar-refractivity contribution in [3.05, 3.63) is 75.8 Å². The largest absolute Gasteiger partial charge is 0.493 e. The molecule has 6 nitrogen and oxygen atoms in total. The van der Waals surface area contributed by atoms with E-state index in [1.165, 1.54) is 59.9 Å². The molecule has 1 spiro atoms. The van der Waals surface area contributed by atoms with Gasteiger partial charge in [-0.25, -0.2) is 0 Å². The average molecular weight is 702 g/mol. The lowest BCUT2D eigenvalue weighted by Gasteiger charge is -2.28. The highest BCUT2D eigenvalue weighted by atomic mass is 35.5. The van der Waals surface area contributed by atoms with E-state index in [2.05, 4.69) is 62.5 Å².